The SMILES string of the molecule is CCC(C)(C)C(c1ccccc1)C(C)CN1CC(C)OC(C)C1. The maximum absolute atomic E-state index is 5.89. The first-order valence-electron chi connectivity index (χ1n) is 9.26. The number of ether oxygens (including phenoxy) is 1. The molecule has 1 aliphatic rings. The zero-order chi connectivity index (χ0) is 17.0. The topological polar surface area (TPSA) is 12.5 Å². The molecule has 130 valence electrons. The van der Waals surface area contributed by atoms with Crippen LogP contribution in [0.15, 0.2) is 30.3 Å². The molecule has 0 bridgehead atoms. The Labute approximate surface area is 143 Å². The lowest BCUT2D eigenvalue weighted by Gasteiger charge is -2.42. The molecule has 1 aromatic carbocycles. The zero-order valence-corrected chi connectivity index (χ0v) is 15.9. The number of benzene rings is 1. The molecule has 0 N–H and O–H groups in total. The molecule has 1 fully saturated rings. The van der Waals surface area contributed by atoms with Gasteiger partial charge in [-0.05, 0) is 36.7 Å². The Bertz CT molecular complexity index is 460. The van der Waals surface area contributed by atoms with Crippen LogP contribution in [-0.2, 0) is 4.74 Å². The van der Waals surface area contributed by atoms with Crippen molar-refractivity contribution in [2.75, 3.05) is 19.6 Å². The molecule has 23 heavy (non-hydrogen) atoms. The van der Waals surface area contributed by atoms with E-state index in [1.54, 1.807) is 0 Å². The second-order valence-electron chi connectivity index (χ2n) is 8.18. The van der Waals surface area contributed by atoms with E-state index in [2.05, 4.69) is 76.8 Å². The van der Waals surface area contributed by atoms with Crippen LogP contribution in [0.2, 0.25) is 0 Å². The van der Waals surface area contributed by atoms with Gasteiger partial charge in [-0.1, -0.05) is 64.4 Å². The van der Waals surface area contributed by atoms with Crippen molar-refractivity contribution in [3.05, 3.63) is 35.9 Å². The van der Waals surface area contributed by atoms with Crippen LogP contribution in [0.5, 0.6) is 0 Å². The normalized spacial score (nSPS) is 26.0. The summed E-state index contributed by atoms with van der Waals surface area (Å²) < 4.78 is 5.89. The second-order valence-corrected chi connectivity index (χ2v) is 8.18. The number of nitrogens with zero attached hydrogens (tertiary/aromatic N) is 1. The summed E-state index contributed by atoms with van der Waals surface area (Å²) >= 11 is 0. The van der Waals surface area contributed by atoms with Gasteiger partial charge in [0.1, 0.15) is 0 Å². The van der Waals surface area contributed by atoms with Crippen molar-refractivity contribution in [2.24, 2.45) is 11.3 Å². The van der Waals surface area contributed by atoms with Crippen LogP contribution < -0.4 is 0 Å². The average Bonchev–Trinajstić information content (AvgIpc) is 2.47. The lowest BCUT2D eigenvalue weighted by molar-refractivity contribution is -0.0728. The third-order valence-corrected chi connectivity index (χ3v) is 5.52. The number of morpholine rings is 1. The van der Waals surface area contributed by atoms with Crippen molar-refractivity contribution in [1.82, 2.24) is 4.90 Å². The summed E-state index contributed by atoms with van der Waals surface area (Å²) in [5.74, 6) is 1.21. The van der Waals surface area contributed by atoms with Gasteiger partial charge in [-0.25, -0.2) is 0 Å². The molecule has 0 amide bonds. The molecular weight excluding hydrogens is 282 g/mol. The summed E-state index contributed by atoms with van der Waals surface area (Å²) in [5, 5.41) is 0. The first kappa shape index (κ1) is 18.5. The highest BCUT2D eigenvalue weighted by atomic mass is 16.5. The van der Waals surface area contributed by atoms with Crippen molar-refractivity contribution in [2.45, 2.75) is 66.1 Å². The van der Waals surface area contributed by atoms with Crippen molar-refractivity contribution in [3.8, 4) is 0 Å². The monoisotopic (exact) mass is 317 g/mol. The second kappa shape index (κ2) is 7.81. The first-order valence-corrected chi connectivity index (χ1v) is 9.26. The minimum Gasteiger partial charge on any atom is -0.373 e. The van der Waals surface area contributed by atoms with E-state index in [9.17, 15) is 0 Å². The fourth-order valence-corrected chi connectivity index (χ4v) is 4.38. The van der Waals surface area contributed by atoms with Gasteiger partial charge in [-0.3, -0.25) is 4.90 Å². The van der Waals surface area contributed by atoms with Gasteiger partial charge in [0.25, 0.3) is 0 Å². The molecule has 1 aromatic rings. The fourth-order valence-electron chi connectivity index (χ4n) is 4.38. The predicted octanol–water partition coefficient (Wildman–Crippen LogP) is 4.95. The summed E-state index contributed by atoms with van der Waals surface area (Å²) in [6.07, 6.45) is 1.90. The van der Waals surface area contributed by atoms with E-state index in [-0.39, 0.29) is 0 Å². The van der Waals surface area contributed by atoms with Gasteiger partial charge in [-0.2, -0.15) is 0 Å². The molecule has 4 atom stereocenters. The van der Waals surface area contributed by atoms with Crippen LogP contribution in [0, 0.1) is 11.3 Å². The Balaban J connectivity index is 2.15. The van der Waals surface area contributed by atoms with Crippen LogP contribution >= 0.6 is 0 Å². The summed E-state index contributed by atoms with van der Waals surface area (Å²) in [5.41, 5.74) is 1.80. The van der Waals surface area contributed by atoms with Crippen LogP contribution in [0.1, 0.15) is 59.4 Å². The quantitative estimate of drug-likeness (QED) is 0.736. The fraction of sp³-hybridized carbons (Fsp3) is 0.714. The molecule has 1 heterocycles. The molecule has 0 saturated carbocycles. The molecule has 2 nitrogen and oxygen atoms in total. The average molecular weight is 318 g/mol. The Hall–Kier alpha value is -0.860. The van der Waals surface area contributed by atoms with E-state index < -0.39 is 0 Å². The Morgan fingerprint density at radius 3 is 2.22 bits per heavy atom. The number of hydrogen-bond donors (Lipinski definition) is 0. The van der Waals surface area contributed by atoms with Crippen LogP contribution in [0.3, 0.4) is 0 Å². The molecule has 2 heteroatoms. The lowest BCUT2D eigenvalue weighted by atomic mass is 9.67. The van der Waals surface area contributed by atoms with E-state index in [0.29, 0.717) is 29.5 Å². The van der Waals surface area contributed by atoms with Gasteiger partial charge in [0, 0.05) is 19.6 Å². The number of hydrogen-bond acceptors (Lipinski definition) is 2. The van der Waals surface area contributed by atoms with Gasteiger partial charge < -0.3 is 4.74 Å². The first-order chi connectivity index (χ1) is 10.8. The van der Waals surface area contributed by atoms with Gasteiger partial charge in [0.2, 0.25) is 0 Å². The molecule has 1 saturated heterocycles. The Kier molecular flexibility index (Phi) is 6.27. The largest absolute Gasteiger partial charge is 0.373 e. The van der Waals surface area contributed by atoms with Gasteiger partial charge in [-0.15, -0.1) is 0 Å². The summed E-state index contributed by atoms with van der Waals surface area (Å²) in [6.45, 7) is 17.3. The zero-order valence-electron chi connectivity index (χ0n) is 15.9. The third-order valence-electron chi connectivity index (χ3n) is 5.52. The molecule has 4 unspecified atom stereocenters. The minimum atomic E-state index is 0.310. The van der Waals surface area contributed by atoms with E-state index in [4.69, 9.17) is 4.74 Å². The Morgan fingerprint density at radius 2 is 1.70 bits per heavy atom. The lowest BCUT2D eigenvalue weighted by Crippen LogP contribution is -2.48. The van der Waals surface area contributed by atoms with Crippen LogP contribution in [0.4, 0.5) is 0 Å². The van der Waals surface area contributed by atoms with Crippen LogP contribution in [0.25, 0.3) is 0 Å². The minimum absolute atomic E-state index is 0.310. The summed E-state index contributed by atoms with van der Waals surface area (Å²) in [4.78, 5) is 2.60. The number of rotatable bonds is 6. The van der Waals surface area contributed by atoms with Gasteiger partial charge in [0.15, 0.2) is 0 Å². The molecule has 0 aromatic heterocycles. The maximum Gasteiger partial charge on any atom is 0.0678 e. The highest BCUT2D eigenvalue weighted by Crippen LogP contribution is 2.43. The van der Waals surface area contributed by atoms with Crippen LogP contribution in [-0.4, -0.2) is 36.7 Å². The highest BCUT2D eigenvalue weighted by Gasteiger charge is 2.35. The molecule has 2 rings (SSSR count). The van der Waals surface area contributed by atoms with Gasteiger partial charge in [0.05, 0.1) is 12.2 Å². The summed E-state index contributed by atoms with van der Waals surface area (Å²) in [6, 6.07) is 11.1. The molecule has 0 radical (unpaired) electrons. The van der Waals surface area contributed by atoms with E-state index in [1.807, 2.05) is 0 Å². The maximum atomic E-state index is 5.89. The predicted molar refractivity (Wildman–Crippen MR) is 98.9 cm³/mol. The third kappa shape index (κ3) is 4.81. The Morgan fingerprint density at radius 1 is 1.13 bits per heavy atom. The molecule has 0 aliphatic carbocycles. The standard InChI is InChI=1S/C21H35NO/c1-7-21(5,6)20(19-11-9-8-10-12-19)16(2)13-22-14-17(3)23-18(4)15-22/h8-12,16-18,20H,7,13-15H2,1-6H3. The van der Waals surface area contributed by atoms with E-state index in [0.717, 1.165) is 19.6 Å². The smallest absolute Gasteiger partial charge is 0.0678 e. The van der Waals surface area contributed by atoms with Crippen molar-refractivity contribution in [3.63, 3.8) is 0 Å². The van der Waals surface area contributed by atoms with Crippen molar-refractivity contribution >= 4 is 0 Å². The molecular formula is C21H35NO. The molecule has 0 spiro atoms. The summed E-state index contributed by atoms with van der Waals surface area (Å²) in [7, 11) is 0. The molecule has 1 aliphatic heterocycles. The van der Waals surface area contributed by atoms with Gasteiger partial charge >= 0.3 is 0 Å². The van der Waals surface area contributed by atoms with E-state index >= 15 is 0 Å². The van der Waals surface area contributed by atoms with E-state index in [1.165, 1.54) is 12.0 Å². The highest BCUT2D eigenvalue weighted by molar-refractivity contribution is 5.22. The van der Waals surface area contributed by atoms with Crippen molar-refractivity contribution < 1.29 is 4.74 Å². The van der Waals surface area contributed by atoms with Crippen molar-refractivity contribution in [1.29, 1.82) is 0 Å².